The van der Waals surface area contributed by atoms with Crippen LogP contribution >= 0.6 is 0 Å². The molecule has 0 aromatic rings. The van der Waals surface area contributed by atoms with E-state index in [9.17, 15) is 0 Å². The van der Waals surface area contributed by atoms with E-state index >= 15 is 0 Å². The molecule has 1 heteroatoms. The van der Waals surface area contributed by atoms with Crippen LogP contribution in [0.1, 0.15) is 40.5 Å². The molecule has 0 aliphatic heterocycles. The fourth-order valence-electron chi connectivity index (χ4n) is 1.16. The first kappa shape index (κ1) is 13.4. The van der Waals surface area contributed by atoms with E-state index in [1.54, 1.807) is 0 Å². The minimum Gasteiger partial charge on any atom is -0.396 e. The van der Waals surface area contributed by atoms with Crippen LogP contribution in [0.15, 0.2) is 24.3 Å². The quantitative estimate of drug-likeness (QED) is 0.644. The van der Waals surface area contributed by atoms with E-state index in [0.29, 0.717) is 12.5 Å². The number of allylic oxidation sites excluding steroid dienone is 3. The third-order valence-electron chi connectivity index (χ3n) is 2.41. The van der Waals surface area contributed by atoms with Crippen molar-refractivity contribution in [2.75, 3.05) is 6.61 Å². The zero-order valence-electron chi connectivity index (χ0n) is 10.0. The molecule has 0 radical (unpaired) electrons. The summed E-state index contributed by atoms with van der Waals surface area (Å²) in [6, 6.07) is 0. The molecule has 1 atom stereocenters. The molecular formula is C13H24O. The van der Waals surface area contributed by atoms with Crippen molar-refractivity contribution in [3.63, 3.8) is 0 Å². The van der Waals surface area contributed by atoms with Crippen molar-refractivity contribution in [1.82, 2.24) is 0 Å². The van der Waals surface area contributed by atoms with Crippen molar-refractivity contribution >= 4 is 0 Å². The molecule has 0 saturated heterocycles. The van der Waals surface area contributed by atoms with Crippen molar-refractivity contribution in [3.05, 3.63) is 24.3 Å². The normalized spacial score (nSPS) is 14.6. The van der Waals surface area contributed by atoms with Gasteiger partial charge in [-0.1, -0.05) is 45.1 Å². The summed E-state index contributed by atoms with van der Waals surface area (Å²) in [6.45, 7) is 12.7. The molecule has 82 valence electrons. The molecule has 0 aliphatic rings. The van der Waals surface area contributed by atoms with Crippen LogP contribution in [0.3, 0.4) is 0 Å². The Morgan fingerprint density at radius 3 is 2.50 bits per heavy atom. The average Bonchev–Trinajstić information content (AvgIpc) is 2.11. The molecule has 0 fully saturated rings. The summed E-state index contributed by atoms with van der Waals surface area (Å²) in [5.41, 5.74) is 1.30. The molecule has 0 heterocycles. The van der Waals surface area contributed by atoms with Gasteiger partial charge in [-0.15, -0.1) is 0 Å². The summed E-state index contributed by atoms with van der Waals surface area (Å²) >= 11 is 0. The molecule has 0 aromatic heterocycles. The molecule has 0 amide bonds. The average molecular weight is 196 g/mol. The zero-order valence-corrected chi connectivity index (χ0v) is 10.0. The summed E-state index contributed by atoms with van der Waals surface area (Å²) in [7, 11) is 0. The molecule has 14 heavy (non-hydrogen) atoms. The number of hydrogen-bond donors (Lipinski definition) is 1. The molecule has 1 nitrogen and oxygen atoms in total. The van der Waals surface area contributed by atoms with Crippen molar-refractivity contribution in [3.8, 4) is 0 Å². The van der Waals surface area contributed by atoms with E-state index in [1.165, 1.54) is 0 Å². The second kappa shape index (κ2) is 6.02. The van der Waals surface area contributed by atoms with Crippen LogP contribution in [0.2, 0.25) is 0 Å². The van der Waals surface area contributed by atoms with Gasteiger partial charge < -0.3 is 5.11 Å². The number of aliphatic hydroxyl groups is 1. The van der Waals surface area contributed by atoms with Gasteiger partial charge in [0.05, 0.1) is 0 Å². The predicted molar refractivity (Wildman–Crippen MR) is 63.2 cm³/mol. The van der Waals surface area contributed by atoms with Gasteiger partial charge in [-0.25, -0.2) is 0 Å². The van der Waals surface area contributed by atoms with E-state index in [0.717, 1.165) is 18.4 Å². The Kier molecular flexibility index (Phi) is 5.78. The maximum Gasteiger partial charge on any atom is 0.0456 e. The maximum absolute atomic E-state index is 8.92. The van der Waals surface area contributed by atoms with Crippen LogP contribution in [-0.2, 0) is 0 Å². The van der Waals surface area contributed by atoms with E-state index in [4.69, 9.17) is 5.11 Å². The fraction of sp³-hybridized carbons (Fsp3) is 0.692. The first-order chi connectivity index (χ1) is 6.37. The summed E-state index contributed by atoms with van der Waals surface area (Å²) in [6.07, 6.45) is 6.46. The van der Waals surface area contributed by atoms with Gasteiger partial charge in [-0.3, -0.25) is 0 Å². The Labute approximate surface area is 88.5 Å². The van der Waals surface area contributed by atoms with Crippen LogP contribution in [0, 0.1) is 11.3 Å². The van der Waals surface area contributed by atoms with Crippen LogP contribution in [0.4, 0.5) is 0 Å². The minimum absolute atomic E-state index is 0.211. The van der Waals surface area contributed by atoms with Crippen molar-refractivity contribution in [2.45, 2.75) is 40.5 Å². The second-order valence-corrected chi connectivity index (χ2v) is 4.99. The Hall–Kier alpha value is -0.560. The Morgan fingerprint density at radius 1 is 1.50 bits per heavy atom. The van der Waals surface area contributed by atoms with Crippen molar-refractivity contribution in [2.24, 2.45) is 11.3 Å². The van der Waals surface area contributed by atoms with Gasteiger partial charge in [0, 0.05) is 6.61 Å². The topological polar surface area (TPSA) is 20.2 Å². The van der Waals surface area contributed by atoms with Crippen molar-refractivity contribution < 1.29 is 5.11 Å². The predicted octanol–water partition coefficient (Wildman–Crippen LogP) is 3.55. The third-order valence-corrected chi connectivity index (χ3v) is 2.41. The first-order valence-electron chi connectivity index (χ1n) is 5.33. The van der Waals surface area contributed by atoms with Gasteiger partial charge in [-0.05, 0) is 31.1 Å². The van der Waals surface area contributed by atoms with Crippen molar-refractivity contribution in [1.29, 1.82) is 0 Å². The molecule has 1 N–H and O–H groups in total. The number of aliphatic hydroxyl groups excluding tert-OH is 1. The molecule has 0 saturated carbocycles. The molecular weight excluding hydrogens is 172 g/mol. The standard InChI is InChI=1S/C13H24O/c1-11(2)6-8-13(4,5)9-7-12(3)10-14/h6,8,12,14H,1,7,9-10H2,2-5H3/b8-6+/t12-/m0/s1. The molecule has 0 aromatic carbocycles. The SMILES string of the molecule is C=C(C)/C=C/C(C)(C)CC[C@H](C)CO. The van der Waals surface area contributed by atoms with Crippen LogP contribution in [0.5, 0.6) is 0 Å². The van der Waals surface area contributed by atoms with E-state index in [-0.39, 0.29) is 5.41 Å². The third kappa shape index (κ3) is 6.90. The number of hydrogen-bond acceptors (Lipinski definition) is 1. The lowest BCUT2D eigenvalue weighted by atomic mass is 9.84. The van der Waals surface area contributed by atoms with E-state index in [2.05, 4.69) is 39.5 Å². The molecule has 0 aliphatic carbocycles. The van der Waals surface area contributed by atoms with Gasteiger partial charge in [0.2, 0.25) is 0 Å². The maximum atomic E-state index is 8.92. The highest BCUT2D eigenvalue weighted by Gasteiger charge is 2.14. The van der Waals surface area contributed by atoms with Gasteiger partial charge in [-0.2, -0.15) is 0 Å². The smallest absolute Gasteiger partial charge is 0.0456 e. The monoisotopic (exact) mass is 196 g/mol. The van der Waals surface area contributed by atoms with Gasteiger partial charge >= 0.3 is 0 Å². The van der Waals surface area contributed by atoms with Crippen LogP contribution in [-0.4, -0.2) is 11.7 Å². The van der Waals surface area contributed by atoms with Gasteiger partial charge in [0.1, 0.15) is 0 Å². The van der Waals surface area contributed by atoms with Crippen LogP contribution < -0.4 is 0 Å². The Balaban J connectivity index is 4.00. The van der Waals surface area contributed by atoms with Crippen LogP contribution in [0.25, 0.3) is 0 Å². The highest BCUT2D eigenvalue weighted by molar-refractivity contribution is 5.13. The highest BCUT2D eigenvalue weighted by Crippen LogP contribution is 2.26. The minimum atomic E-state index is 0.211. The zero-order chi connectivity index (χ0) is 11.2. The summed E-state index contributed by atoms with van der Waals surface area (Å²) in [5.74, 6) is 0.410. The van der Waals surface area contributed by atoms with Gasteiger partial charge in [0.25, 0.3) is 0 Å². The lowest BCUT2D eigenvalue weighted by Gasteiger charge is -2.21. The summed E-state index contributed by atoms with van der Waals surface area (Å²) < 4.78 is 0. The Bertz CT molecular complexity index is 201. The molecule has 0 spiro atoms. The lowest BCUT2D eigenvalue weighted by Crippen LogP contribution is -2.11. The fourth-order valence-corrected chi connectivity index (χ4v) is 1.16. The largest absolute Gasteiger partial charge is 0.396 e. The Morgan fingerprint density at radius 2 is 2.07 bits per heavy atom. The van der Waals surface area contributed by atoms with E-state index < -0.39 is 0 Å². The summed E-state index contributed by atoms with van der Waals surface area (Å²) in [4.78, 5) is 0. The van der Waals surface area contributed by atoms with E-state index in [1.807, 2.05) is 6.92 Å². The highest BCUT2D eigenvalue weighted by atomic mass is 16.3. The molecule has 0 rings (SSSR count). The molecule has 0 bridgehead atoms. The molecule has 0 unspecified atom stereocenters. The number of rotatable bonds is 6. The first-order valence-corrected chi connectivity index (χ1v) is 5.33. The van der Waals surface area contributed by atoms with Gasteiger partial charge in [0.15, 0.2) is 0 Å². The second-order valence-electron chi connectivity index (χ2n) is 4.99. The summed E-state index contributed by atoms with van der Waals surface area (Å²) in [5, 5.41) is 8.92. The lowest BCUT2D eigenvalue weighted by molar-refractivity contribution is 0.217.